The van der Waals surface area contributed by atoms with Crippen molar-refractivity contribution in [3.8, 4) is 5.75 Å². The molecular weight excluding hydrogens is 301 g/mol. The molecule has 2 N–H and O–H groups in total. The first-order valence-corrected chi connectivity index (χ1v) is 6.69. The summed E-state index contributed by atoms with van der Waals surface area (Å²) < 4.78 is 5.62. The number of hydrogen-bond acceptors (Lipinski definition) is 2. The Hall–Kier alpha value is -1.29. The molecule has 0 amide bonds. The highest BCUT2D eigenvalue weighted by Gasteiger charge is 2.03. The SMILES string of the molecule is NC(=S)c1ccc(COc2ccc(Cl)cc2Cl)cc1. The van der Waals surface area contributed by atoms with Crippen LogP contribution in [0.25, 0.3) is 0 Å². The van der Waals surface area contributed by atoms with Crippen LogP contribution in [0, 0.1) is 0 Å². The topological polar surface area (TPSA) is 35.2 Å². The zero-order valence-electron chi connectivity index (χ0n) is 9.90. The van der Waals surface area contributed by atoms with Crippen LogP contribution < -0.4 is 10.5 Å². The third kappa shape index (κ3) is 3.83. The van der Waals surface area contributed by atoms with Gasteiger partial charge >= 0.3 is 0 Å². The first-order chi connectivity index (χ1) is 9.06. The zero-order chi connectivity index (χ0) is 13.8. The number of hydrogen-bond donors (Lipinski definition) is 1. The Labute approximate surface area is 127 Å². The Morgan fingerprint density at radius 3 is 2.37 bits per heavy atom. The molecule has 19 heavy (non-hydrogen) atoms. The highest BCUT2D eigenvalue weighted by Crippen LogP contribution is 2.28. The van der Waals surface area contributed by atoms with E-state index in [0.29, 0.717) is 27.4 Å². The molecule has 0 atom stereocenters. The summed E-state index contributed by atoms with van der Waals surface area (Å²) in [6.07, 6.45) is 0. The third-order valence-corrected chi connectivity index (χ3v) is 3.29. The van der Waals surface area contributed by atoms with Gasteiger partial charge in [0.25, 0.3) is 0 Å². The van der Waals surface area contributed by atoms with Crippen LogP contribution in [0.5, 0.6) is 5.75 Å². The van der Waals surface area contributed by atoms with Crippen molar-refractivity contribution in [1.82, 2.24) is 0 Å². The molecule has 98 valence electrons. The smallest absolute Gasteiger partial charge is 0.138 e. The lowest BCUT2D eigenvalue weighted by Gasteiger charge is -2.08. The Morgan fingerprint density at radius 1 is 1.11 bits per heavy atom. The average Bonchev–Trinajstić information content (AvgIpc) is 2.38. The lowest BCUT2D eigenvalue weighted by Crippen LogP contribution is -2.09. The first-order valence-electron chi connectivity index (χ1n) is 5.53. The minimum atomic E-state index is 0.383. The Morgan fingerprint density at radius 2 is 1.79 bits per heavy atom. The van der Waals surface area contributed by atoms with E-state index >= 15 is 0 Å². The summed E-state index contributed by atoms with van der Waals surface area (Å²) in [7, 11) is 0. The Kier molecular flexibility index (Phi) is 4.64. The van der Waals surface area contributed by atoms with Crippen LogP contribution in [0.4, 0.5) is 0 Å². The number of thiocarbonyl (C=S) groups is 1. The van der Waals surface area contributed by atoms with E-state index in [9.17, 15) is 0 Å². The minimum Gasteiger partial charge on any atom is -0.487 e. The zero-order valence-corrected chi connectivity index (χ0v) is 12.2. The maximum Gasteiger partial charge on any atom is 0.138 e. The van der Waals surface area contributed by atoms with Gasteiger partial charge in [0.1, 0.15) is 17.3 Å². The van der Waals surface area contributed by atoms with Gasteiger partial charge in [-0.1, -0.05) is 59.7 Å². The quantitative estimate of drug-likeness (QED) is 0.859. The highest BCUT2D eigenvalue weighted by molar-refractivity contribution is 7.80. The van der Waals surface area contributed by atoms with Crippen molar-refractivity contribution in [2.75, 3.05) is 0 Å². The van der Waals surface area contributed by atoms with Crippen molar-refractivity contribution in [3.63, 3.8) is 0 Å². The van der Waals surface area contributed by atoms with Gasteiger partial charge in [-0.05, 0) is 23.8 Å². The molecular formula is C14H11Cl2NOS. The van der Waals surface area contributed by atoms with Crippen molar-refractivity contribution in [2.24, 2.45) is 5.73 Å². The van der Waals surface area contributed by atoms with Crippen LogP contribution >= 0.6 is 35.4 Å². The van der Waals surface area contributed by atoms with E-state index < -0.39 is 0 Å². The molecule has 0 fully saturated rings. The van der Waals surface area contributed by atoms with Gasteiger partial charge in [0, 0.05) is 10.6 Å². The first kappa shape index (κ1) is 14.1. The molecule has 2 rings (SSSR count). The number of benzene rings is 2. The largest absolute Gasteiger partial charge is 0.487 e. The lowest BCUT2D eigenvalue weighted by atomic mass is 10.1. The maximum atomic E-state index is 6.02. The van der Waals surface area contributed by atoms with E-state index in [4.69, 9.17) is 45.9 Å². The van der Waals surface area contributed by atoms with Gasteiger partial charge in [-0.2, -0.15) is 0 Å². The second kappa shape index (κ2) is 6.24. The highest BCUT2D eigenvalue weighted by atomic mass is 35.5. The number of rotatable bonds is 4. The van der Waals surface area contributed by atoms with Crippen molar-refractivity contribution >= 4 is 40.4 Å². The number of halogens is 2. The third-order valence-electron chi connectivity index (χ3n) is 2.53. The van der Waals surface area contributed by atoms with E-state index in [0.717, 1.165) is 11.1 Å². The van der Waals surface area contributed by atoms with Gasteiger partial charge in [0.15, 0.2) is 0 Å². The maximum absolute atomic E-state index is 6.02. The van der Waals surface area contributed by atoms with Crippen LogP contribution in [0.2, 0.25) is 10.0 Å². The van der Waals surface area contributed by atoms with Crippen molar-refractivity contribution in [3.05, 3.63) is 63.6 Å². The van der Waals surface area contributed by atoms with Crippen molar-refractivity contribution in [2.45, 2.75) is 6.61 Å². The Bertz CT molecular complexity index is 599. The molecule has 0 radical (unpaired) electrons. The molecule has 0 unspecified atom stereocenters. The van der Waals surface area contributed by atoms with E-state index in [1.54, 1.807) is 18.2 Å². The monoisotopic (exact) mass is 311 g/mol. The van der Waals surface area contributed by atoms with Gasteiger partial charge in [-0.3, -0.25) is 0 Å². The van der Waals surface area contributed by atoms with Crippen LogP contribution in [0.15, 0.2) is 42.5 Å². The summed E-state index contributed by atoms with van der Waals surface area (Å²) in [5, 5.41) is 1.07. The molecule has 0 aliphatic carbocycles. The van der Waals surface area contributed by atoms with E-state index in [2.05, 4.69) is 0 Å². The average molecular weight is 312 g/mol. The van der Waals surface area contributed by atoms with Crippen LogP contribution in [-0.2, 0) is 6.61 Å². The predicted octanol–water partition coefficient (Wildman–Crippen LogP) is 4.21. The van der Waals surface area contributed by atoms with Crippen LogP contribution in [0.1, 0.15) is 11.1 Å². The fourth-order valence-electron chi connectivity index (χ4n) is 1.52. The van der Waals surface area contributed by atoms with E-state index in [-0.39, 0.29) is 0 Å². The van der Waals surface area contributed by atoms with Gasteiger partial charge in [0.05, 0.1) is 5.02 Å². The molecule has 0 bridgehead atoms. The molecule has 0 saturated carbocycles. The normalized spacial score (nSPS) is 10.2. The molecule has 5 heteroatoms. The van der Waals surface area contributed by atoms with Crippen LogP contribution in [0.3, 0.4) is 0 Å². The molecule has 0 aromatic heterocycles. The summed E-state index contributed by atoms with van der Waals surface area (Å²) in [5.41, 5.74) is 7.38. The summed E-state index contributed by atoms with van der Waals surface area (Å²) >= 11 is 16.7. The summed E-state index contributed by atoms with van der Waals surface area (Å²) in [6, 6.07) is 12.7. The second-order valence-corrected chi connectivity index (χ2v) is 5.21. The van der Waals surface area contributed by atoms with E-state index in [1.807, 2.05) is 24.3 Å². The fourth-order valence-corrected chi connectivity index (χ4v) is 2.12. The number of ether oxygens (including phenoxy) is 1. The van der Waals surface area contributed by atoms with Crippen LogP contribution in [-0.4, -0.2) is 4.99 Å². The fraction of sp³-hybridized carbons (Fsp3) is 0.0714. The molecule has 2 nitrogen and oxygen atoms in total. The number of nitrogens with two attached hydrogens (primary N) is 1. The molecule has 2 aromatic rings. The van der Waals surface area contributed by atoms with Gasteiger partial charge in [-0.25, -0.2) is 0 Å². The Balaban J connectivity index is 2.04. The molecule has 0 saturated heterocycles. The van der Waals surface area contributed by atoms with E-state index in [1.165, 1.54) is 0 Å². The summed E-state index contributed by atoms with van der Waals surface area (Å²) in [4.78, 5) is 0.383. The molecule has 0 heterocycles. The second-order valence-electron chi connectivity index (χ2n) is 3.92. The molecule has 0 aliphatic rings. The standard InChI is InChI=1S/C14H11Cl2NOS/c15-11-5-6-13(12(16)7-11)18-8-9-1-3-10(4-2-9)14(17)19/h1-7H,8H2,(H2,17,19). The van der Waals surface area contributed by atoms with Gasteiger partial charge in [-0.15, -0.1) is 0 Å². The lowest BCUT2D eigenvalue weighted by molar-refractivity contribution is 0.306. The molecule has 2 aromatic carbocycles. The molecule has 0 aliphatic heterocycles. The van der Waals surface area contributed by atoms with Gasteiger partial charge in [0.2, 0.25) is 0 Å². The molecule has 0 spiro atoms. The van der Waals surface area contributed by atoms with Gasteiger partial charge < -0.3 is 10.5 Å². The summed E-state index contributed by atoms with van der Waals surface area (Å²) in [6.45, 7) is 0.416. The minimum absolute atomic E-state index is 0.383. The van der Waals surface area contributed by atoms with Crippen molar-refractivity contribution < 1.29 is 4.74 Å². The summed E-state index contributed by atoms with van der Waals surface area (Å²) in [5.74, 6) is 0.601. The predicted molar refractivity (Wildman–Crippen MR) is 83.1 cm³/mol. The van der Waals surface area contributed by atoms with Crippen molar-refractivity contribution in [1.29, 1.82) is 0 Å².